The van der Waals surface area contributed by atoms with Gasteiger partial charge in [0.05, 0.1) is 17.1 Å². The molecular formula is C28H21ClN4O5. The summed E-state index contributed by atoms with van der Waals surface area (Å²) in [5.74, 6) is -0.729. The van der Waals surface area contributed by atoms with Crippen LogP contribution in [0, 0.1) is 0 Å². The highest BCUT2D eigenvalue weighted by molar-refractivity contribution is 6.53. The maximum atomic E-state index is 14.1. The summed E-state index contributed by atoms with van der Waals surface area (Å²) in [6.45, 7) is 2.01. The molecule has 0 aliphatic carbocycles. The molecule has 0 spiro atoms. The Morgan fingerprint density at radius 3 is 2.42 bits per heavy atom. The molecule has 2 aromatic carbocycles. The number of aromatic nitrogens is 3. The predicted molar refractivity (Wildman–Crippen MR) is 137 cm³/mol. The van der Waals surface area contributed by atoms with Crippen LogP contribution < -0.4 is 24.0 Å². The molecule has 190 valence electrons. The highest BCUT2D eigenvalue weighted by Gasteiger charge is 2.47. The average Bonchev–Trinajstić information content (AvgIpc) is 3.59. The first-order valence-corrected chi connectivity index (χ1v) is 12.4. The van der Waals surface area contributed by atoms with E-state index in [1.54, 1.807) is 77.6 Å². The standard InChI is InChI=1S/C28H21ClN4O5/c1-2-6-20-23(27(35)33(30-20)18-9-7-17(29)8-10-18)24-25(31-13-4-3-5-14-31)28(36)32(26(24)34)19-11-12-21-22(15-19)38-16-37-21/h3-5,7-15H,2,6,16H2,1H3. The van der Waals surface area contributed by atoms with Gasteiger partial charge in [-0.2, -0.15) is 9.67 Å². The van der Waals surface area contributed by atoms with E-state index in [1.165, 1.54) is 4.68 Å². The van der Waals surface area contributed by atoms with E-state index in [-0.39, 0.29) is 23.6 Å². The number of pyridine rings is 1. The van der Waals surface area contributed by atoms with Gasteiger partial charge in [-0.05, 0) is 48.7 Å². The average molecular weight is 529 g/mol. The van der Waals surface area contributed by atoms with Crippen molar-refractivity contribution in [3.63, 3.8) is 0 Å². The molecule has 0 N–H and O–H groups in total. The van der Waals surface area contributed by atoms with Crippen molar-refractivity contribution < 1.29 is 28.7 Å². The second-order valence-corrected chi connectivity index (χ2v) is 9.19. The van der Waals surface area contributed by atoms with Gasteiger partial charge < -0.3 is 14.6 Å². The number of anilines is 1. The van der Waals surface area contributed by atoms with Crippen molar-refractivity contribution in [2.45, 2.75) is 19.8 Å². The fourth-order valence-electron chi connectivity index (χ4n) is 4.66. The van der Waals surface area contributed by atoms with Crippen molar-refractivity contribution in [2.75, 3.05) is 11.7 Å². The number of ether oxygens (including phenoxy) is 2. The Balaban J connectivity index is 1.56. The van der Waals surface area contributed by atoms with Crippen molar-refractivity contribution in [3.05, 3.63) is 89.3 Å². The summed E-state index contributed by atoms with van der Waals surface area (Å²) in [5, 5.41) is 19.0. The number of halogens is 1. The maximum Gasteiger partial charge on any atom is 0.331 e. The van der Waals surface area contributed by atoms with Gasteiger partial charge in [-0.3, -0.25) is 9.59 Å². The topological polar surface area (TPSA) is 101 Å². The van der Waals surface area contributed by atoms with Crippen LogP contribution in [0.2, 0.25) is 5.02 Å². The predicted octanol–water partition coefficient (Wildman–Crippen LogP) is 3.51. The third-order valence-corrected chi connectivity index (χ3v) is 6.62. The molecule has 0 fully saturated rings. The molecule has 0 radical (unpaired) electrons. The van der Waals surface area contributed by atoms with Gasteiger partial charge in [-0.1, -0.05) is 31.0 Å². The Morgan fingerprint density at radius 2 is 1.68 bits per heavy atom. The minimum absolute atomic E-state index is 0.00229. The van der Waals surface area contributed by atoms with Crippen LogP contribution in [0.15, 0.2) is 73.1 Å². The molecule has 0 saturated carbocycles. The number of imide groups is 1. The molecule has 0 bridgehead atoms. The fraction of sp³-hybridized carbons (Fsp3) is 0.143. The van der Waals surface area contributed by atoms with Crippen molar-refractivity contribution >= 4 is 40.4 Å². The van der Waals surface area contributed by atoms with Gasteiger partial charge in [-0.25, -0.2) is 9.58 Å². The Labute approximate surface area is 222 Å². The third-order valence-electron chi connectivity index (χ3n) is 6.37. The van der Waals surface area contributed by atoms with Gasteiger partial charge in [-0.15, -0.1) is 0 Å². The minimum Gasteiger partial charge on any atom is -0.858 e. The van der Waals surface area contributed by atoms with E-state index in [0.717, 1.165) is 4.90 Å². The van der Waals surface area contributed by atoms with E-state index in [2.05, 4.69) is 5.10 Å². The van der Waals surface area contributed by atoms with Gasteiger partial charge in [0.25, 0.3) is 11.6 Å². The molecule has 38 heavy (non-hydrogen) atoms. The largest absolute Gasteiger partial charge is 0.858 e. The first kappa shape index (κ1) is 23.7. The molecule has 4 heterocycles. The molecule has 2 aliphatic rings. The summed E-state index contributed by atoms with van der Waals surface area (Å²) in [6, 6.07) is 16.8. The quantitative estimate of drug-likeness (QED) is 0.280. The molecule has 2 amide bonds. The Morgan fingerprint density at radius 1 is 0.974 bits per heavy atom. The SMILES string of the molecule is CCCc1nn(-c2ccc(Cl)cc2)c([O-])c1C1=C([n+]2ccccc2)C(=O)N(c2ccc3c(c2)OCO3)C1=O. The second-order valence-electron chi connectivity index (χ2n) is 8.75. The van der Waals surface area contributed by atoms with Crippen molar-refractivity contribution in [1.82, 2.24) is 9.78 Å². The summed E-state index contributed by atoms with van der Waals surface area (Å²) in [5.41, 5.74) is 1.42. The Bertz CT molecular complexity index is 1610. The molecular weight excluding hydrogens is 508 g/mol. The first-order valence-electron chi connectivity index (χ1n) is 12.0. The lowest BCUT2D eigenvalue weighted by atomic mass is 10.0. The normalized spacial score (nSPS) is 14.6. The zero-order chi connectivity index (χ0) is 26.4. The molecule has 6 rings (SSSR count). The zero-order valence-corrected chi connectivity index (χ0v) is 21.0. The molecule has 0 unspecified atom stereocenters. The van der Waals surface area contributed by atoms with Gasteiger partial charge in [0.15, 0.2) is 23.9 Å². The van der Waals surface area contributed by atoms with Crippen LogP contribution in [0.4, 0.5) is 5.69 Å². The number of hydrogen-bond acceptors (Lipinski definition) is 6. The van der Waals surface area contributed by atoms with Crippen molar-refractivity contribution in [1.29, 1.82) is 0 Å². The number of nitrogens with zero attached hydrogens (tertiary/aromatic N) is 4. The summed E-state index contributed by atoms with van der Waals surface area (Å²) in [6.07, 6.45) is 4.45. The van der Waals surface area contributed by atoms with E-state index in [1.807, 2.05) is 6.92 Å². The smallest absolute Gasteiger partial charge is 0.331 e. The number of carbonyl (C=O) groups excluding carboxylic acids is 2. The number of hydrogen-bond donors (Lipinski definition) is 0. The highest BCUT2D eigenvalue weighted by Crippen LogP contribution is 2.41. The van der Waals surface area contributed by atoms with Crippen LogP contribution in [0.3, 0.4) is 0 Å². The highest BCUT2D eigenvalue weighted by atomic mass is 35.5. The van der Waals surface area contributed by atoms with Gasteiger partial charge >= 0.3 is 5.91 Å². The van der Waals surface area contributed by atoms with Crippen LogP contribution in [-0.4, -0.2) is 28.4 Å². The Hall–Kier alpha value is -4.63. The molecule has 2 aliphatic heterocycles. The maximum absolute atomic E-state index is 14.1. The molecule has 9 nitrogen and oxygen atoms in total. The lowest BCUT2D eigenvalue weighted by Crippen LogP contribution is -2.39. The number of rotatable bonds is 6. The van der Waals surface area contributed by atoms with E-state index in [9.17, 15) is 14.7 Å². The number of fused-ring (bicyclic) bond motifs is 1. The van der Waals surface area contributed by atoms with Crippen molar-refractivity contribution in [3.8, 4) is 23.1 Å². The van der Waals surface area contributed by atoms with Crippen LogP contribution in [-0.2, 0) is 16.0 Å². The fourth-order valence-corrected chi connectivity index (χ4v) is 4.78. The first-order chi connectivity index (χ1) is 18.5. The molecule has 2 aromatic heterocycles. The van der Waals surface area contributed by atoms with E-state index < -0.39 is 17.7 Å². The van der Waals surface area contributed by atoms with Gasteiger partial charge in [0.2, 0.25) is 6.79 Å². The monoisotopic (exact) mass is 528 g/mol. The molecule has 10 heteroatoms. The van der Waals surface area contributed by atoms with E-state index >= 15 is 0 Å². The third kappa shape index (κ3) is 3.79. The number of carbonyl (C=O) groups is 2. The van der Waals surface area contributed by atoms with Gasteiger partial charge in [0.1, 0.15) is 5.57 Å². The summed E-state index contributed by atoms with van der Waals surface area (Å²) in [7, 11) is 0. The lowest BCUT2D eigenvalue weighted by Gasteiger charge is -2.16. The molecule has 0 saturated heterocycles. The van der Waals surface area contributed by atoms with E-state index in [4.69, 9.17) is 21.1 Å². The van der Waals surface area contributed by atoms with Crippen LogP contribution in [0.1, 0.15) is 24.6 Å². The summed E-state index contributed by atoms with van der Waals surface area (Å²) < 4.78 is 13.6. The van der Waals surface area contributed by atoms with Crippen LogP contribution in [0.25, 0.3) is 17.0 Å². The van der Waals surface area contributed by atoms with Crippen LogP contribution in [0.5, 0.6) is 17.4 Å². The van der Waals surface area contributed by atoms with Crippen molar-refractivity contribution in [2.24, 2.45) is 0 Å². The summed E-state index contributed by atoms with van der Waals surface area (Å²) in [4.78, 5) is 29.0. The van der Waals surface area contributed by atoms with E-state index in [0.29, 0.717) is 46.4 Å². The summed E-state index contributed by atoms with van der Waals surface area (Å²) >= 11 is 6.04. The van der Waals surface area contributed by atoms with Gasteiger partial charge in [0, 0.05) is 28.8 Å². The number of amides is 2. The Kier molecular flexibility index (Phi) is 5.84. The lowest BCUT2D eigenvalue weighted by molar-refractivity contribution is -0.576. The number of aryl methyl sites for hydroxylation is 1. The minimum atomic E-state index is -0.620. The number of benzene rings is 2. The second kappa shape index (κ2) is 9.35. The zero-order valence-electron chi connectivity index (χ0n) is 20.3. The molecule has 4 aromatic rings. The van der Waals surface area contributed by atoms with Crippen LogP contribution >= 0.6 is 11.6 Å². The molecule has 0 atom stereocenters.